The average Bonchev–Trinajstić information content (AvgIpc) is 2.85. The van der Waals surface area contributed by atoms with E-state index in [4.69, 9.17) is 14.2 Å². The van der Waals surface area contributed by atoms with Crippen molar-refractivity contribution in [1.29, 1.82) is 0 Å². The molecule has 0 saturated heterocycles. The fraction of sp³-hybridized carbons (Fsp3) is 0.222. The Morgan fingerprint density at radius 3 is 2.40 bits per heavy atom. The van der Waals surface area contributed by atoms with E-state index in [-0.39, 0.29) is 6.61 Å². The monoisotopic (exact) mass is 538 g/mol. The molecule has 0 radical (unpaired) electrons. The number of carbonyl (C=O) groups excluding carboxylic acids is 2. The summed E-state index contributed by atoms with van der Waals surface area (Å²) >= 11 is 3.40. The second kappa shape index (κ2) is 12.7. The van der Waals surface area contributed by atoms with Crippen LogP contribution in [0.4, 0.5) is 0 Å². The molecule has 0 unspecified atom stereocenters. The van der Waals surface area contributed by atoms with Gasteiger partial charge in [0.25, 0.3) is 5.91 Å². The fourth-order valence-corrected chi connectivity index (χ4v) is 3.32. The molecule has 0 atom stereocenters. The van der Waals surface area contributed by atoms with Gasteiger partial charge in [0.15, 0.2) is 6.61 Å². The zero-order chi connectivity index (χ0) is 25.2. The Bertz CT molecular complexity index is 1210. The number of hydrogen-bond acceptors (Lipinski definition) is 6. The van der Waals surface area contributed by atoms with Crippen molar-refractivity contribution in [3.63, 3.8) is 0 Å². The summed E-state index contributed by atoms with van der Waals surface area (Å²) < 4.78 is 17.4. The van der Waals surface area contributed by atoms with Crippen molar-refractivity contribution < 1.29 is 23.8 Å². The van der Waals surface area contributed by atoms with Crippen molar-refractivity contribution in [2.24, 2.45) is 5.10 Å². The number of benzene rings is 3. The lowest BCUT2D eigenvalue weighted by molar-refractivity contribution is -0.123. The second-order valence-corrected chi connectivity index (χ2v) is 8.69. The molecule has 0 aliphatic rings. The van der Waals surface area contributed by atoms with E-state index in [1.807, 2.05) is 39.0 Å². The third-order valence-corrected chi connectivity index (χ3v) is 5.47. The van der Waals surface area contributed by atoms with Gasteiger partial charge >= 0.3 is 5.97 Å². The minimum atomic E-state index is -0.519. The SMILES string of the molecule is CCCOc1ccc(C(=O)Oc2ccc(Br)cc2/C=N\NC(=O)COc2ccc(C)c(C)c2)cc1. The number of aryl methyl sites for hydroxylation is 2. The van der Waals surface area contributed by atoms with Crippen molar-refractivity contribution in [1.82, 2.24) is 5.43 Å². The molecule has 0 aromatic heterocycles. The van der Waals surface area contributed by atoms with Crippen molar-refractivity contribution in [2.75, 3.05) is 13.2 Å². The quantitative estimate of drug-likeness (QED) is 0.157. The average molecular weight is 539 g/mol. The van der Waals surface area contributed by atoms with E-state index in [0.717, 1.165) is 22.0 Å². The molecule has 1 N–H and O–H groups in total. The van der Waals surface area contributed by atoms with Gasteiger partial charge in [-0.05, 0) is 86.0 Å². The molecule has 8 heteroatoms. The highest BCUT2D eigenvalue weighted by Crippen LogP contribution is 2.23. The normalized spacial score (nSPS) is 10.7. The van der Waals surface area contributed by atoms with Crippen molar-refractivity contribution in [3.8, 4) is 17.2 Å². The molecule has 0 saturated carbocycles. The summed E-state index contributed by atoms with van der Waals surface area (Å²) in [6, 6.07) is 17.5. The first-order chi connectivity index (χ1) is 16.9. The second-order valence-electron chi connectivity index (χ2n) is 7.77. The van der Waals surface area contributed by atoms with Crippen LogP contribution in [0.3, 0.4) is 0 Å². The van der Waals surface area contributed by atoms with Gasteiger partial charge in [0.05, 0.1) is 18.4 Å². The van der Waals surface area contributed by atoms with Crippen LogP contribution in [-0.4, -0.2) is 31.3 Å². The van der Waals surface area contributed by atoms with E-state index in [0.29, 0.717) is 35.0 Å². The van der Waals surface area contributed by atoms with E-state index in [2.05, 4.69) is 26.5 Å². The van der Waals surface area contributed by atoms with Gasteiger partial charge < -0.3 is 14.2 Å². The van der Waals surface area contributed by atoms with Gasteiger partial charge in [-0.15, -0.1) is 0 Å². The summed E-state index contributed by atoms with van der Waals surface area (Å²) in [5.74, 6) is 0.664. The van der Waals surface area contributed by atoms with Crippen LogP contribution in [0.2, 0.25) is 0 Å². The molecule has 3 aromatic rings. The maximum atomic E-state index is 12.6. The smallest absolute Gasteiger partial charge is 0.343 e. The lowest BCUT2D eigenvalue weighted by Gasteiger charge is -2.09. The van der Waals surface area contributed by atoms with Gasteiger partial charge in [-0.25, -0.2) is 10.2 Å². The Morgan fingerprint density at radius 2 is 1.69 bits per heavy atom. The standard InChI is InChI=1S/C27H27BrN2O5/c1-4-13-33-23-10-6-20(7-11-23)27(32)35-25-12-8-22(28)15-21(25)16-29-30-26(31)17-34-24-9-5-18(2)19(3)14-24/h5-12,14-16H,4,13,17H2,1-3H3,(H,30,31)/b29-16-. The van der Waals surface area contributed by atoms with Crippen molar-refractivity contribution in [3.05, 3.63) is 87.4 Å². The lowest BCUT2D eigenvalue weighted by atomic mass is 10.1. The number of hydrogen-bond donors (Lipinski definition) is 1. The minimum absolute atomic E-state index is 0.182. The number of carbonyl (C=O) groups is 2. The molecule has 182 valence electrons. The van der Waals surface area contributed by atoms with Gasteiger partial charge in [-0.1, -0.05) is 28.9 Å². The molecule has 0 fully saturated rings. The molecule has 0 heterocycles. The Balaban J connectivity index is 1.59. The summed E-state index contributed by atoms with van der Waals surface area (Å²) in [4.78, 5) is 24.7. The van der Waals surface area contributed by atoms with E-state index in [9.17, 15) is 9.59 Å². The maximum absolute atomic E-state index is 12.6. The van der Waals surface area contributed by atoms with Gasteiger partial charge in [0.2, 0.25) is 0 Å². The zero-order valence-corrected chi connectivity index (χ0v) is 21.4. The zero-order valence-electron chi connectivity index (χ0n) is 19.8. The predicted octanol–water partition coefficient (Wildman–Crippen LogP) is 5.60. The van der Waals surface area contributed by atoms with Crippen LogP contribution in [0, 0.1) is 13.8 Å². The summed E-state index contributed by atoms with van der Waals surface area (Å²) in [7, 11) is 0. The molecule has 0 aliphatic carbocycles. The molecule has 0 aliphatic heterocycles. The molecule has 0 spiro atoms. The van der Waals surface area contributed by atoms with Crippen molar-refractivity contribution in [2.45, 2.75) is 27.2 Å². The Kier molecular flexibility index (Phi) is 9.43. The highest BCUT2D eigenvalue weighted by Gasteiger charge is 2.12. The molecular weight excluding hydrogens is 512 g/mol. The highest BCUT2D eigenvalue weighted by atomic mass is 79.9. The van der Waals surface area contributed by atoms with Gasteiger partial charge in [-0.3, -0.25) is 4.79 Å². The third kappa shape index (κ3) is 7.96. The summed E-state index contributed by atoms with van der Waals surface area (Å²) in [6.07, 6.45) is 2.31. The summed E-state index contributed by atoms with van der Waals surface area (Å²) in [5, 5.41) is 3.97. The Hall–Kier alpha value is -3.65. The number of nitrogens with one attached hydrogen (secondary N) is 1. The lowest BCUT2D eigenvalue weighted by Crippen LogP contribution is -2.24. The van der Waals surface area contributed by atoms with E-state index in [1.165, 1.54) is 6.21 Å². The minimum Gasteiger partial charge on any atom is -0.494 e. The molecule has 7 nitrogen and oxygen atoms in total. The first kappa shape index (κ1) is 26.0. The maximum Gasteiger partial charge on any atom is 0.343 e. The molecule has 35 heavy (non-hydrogen) atoms. The molecule has 3 aromatic carbocycles. The van der Waals surface area contributed by atoms with Crippen LogP contribution in [0.25, 0.3) is 0 Å². The Labute approximate surface area is 213 Å². The fourth-order valence-electron chi connectivity index (χ4n) is 2.94. The highest BCUT2D eigenvalue weighted by molar-refractivity contribution is 9.10. The van der Waals surface area contributed by atoms with Crippen molar-refractivity contribution >= 4 is 34.0 Å². The first-order valence-corrected chi connectivity index (χ1v) is 11.9. The summed E-state index contributed by atoms with van der Waals surface area (Å²) in [5.41, 5.74) is 5.54. The van der Waals surface area contributed by atoms with E-state index in [1.54, 1.807) is 42.5 Å². The van der Waals surface area contributed by atoms with Crippen LogP contribution in [0.15, 0.2) is 70.2 Å². The third-order valence-electron chi connectivity index (χ3n) is 4.98. The predicted molar refractivity (Wildman–Crippen MR) is 138 cm³/mol. The first-order valence-electron chi connectivity index (χ1n) is 11.1. The molecule has 3 rings (SSSR count). The molecule has 0 bridgehead atoms. The topological polar surface area (TPSA) is 86.2 Å². The number of ether oxygens (including phenoxy) is 3. The largest absolute Gasteiger partial charge is 0.494 e. The number of amides is 1. The number of hydrazone groups is 1. The van der Waals surface area contributed by atoms with Gasteiger partial charge in [-0.2, -0.15) is 5.10 Å². The summed E-state index contributed by atoms with van der Waals surface area (Å²) in [6.45, 7) is 6.44. The van der Waals surface area contributed by atoms with Crippen LogP contribution >= 0.6 is 15.9 Å². The van der Waals surface area contributed by atoms with E-state index >= 15 is 0 Å². The van der Waals surface area contributed by atoms with Crippen LogP contribution < -0.4 is 19.6 Å². The number of rotatable bonds is 10. The van der Waals surface area contributed by atoms with Crippen LogP contribution in [0.5, 0.6) is 17.2 Å². The van der Waals surface area contributed by atoms with Crippen LogP contribution in [-0.2, 0) is 4.79 Å². The van der Waals surface area contributed by atoms with E-state index < -0.39 is 11.9 Å². The molecule has 1 amide bonds. The number of nitrogens with zero attached hydrogens (tertiary/aromatic N) is 1. The molecular formula is C27H27BrN2O5. The van der Waals surface area contributed by atoms with Gasteiger partial charge in [0, 0.05) is 10.0 Å². The Morgan fingerprint density at radius 1 is 0.943 bits per heavy atom. The number of halogens is 1. The van der Waals surface area contributed by atoms with Crippen LogP contribution in [0.1, 0.15) is 40.4 Å². The van der Waals surface area contributed by atoms with Gasteiger partial charge in [0.1, 0.15) is 17.2 Å². The number of esters is 1.